The van der Waals surface area contributed by atoms with Crippen LogP contribution in [0.4, 0.5) is 0 Å². The number of carbonyl (C=O) groups is 4. The molecular weight excluding hydrogens is 298 g/mol. The molecule has 1 aromatic carbocycles. The summed E-state index contributed by atoms with van der Waals surface area (Å²) in [5, 5.41) is 4.84. The standard InChI is InChI=1S/C16H21N3O4/c1-2-12(15(22)16(17)23)19-14(21)10-18-13(20)9-8-11-6-4-3-5-7-11/h3-7,12H,2,8-10H2,1H3,(H2,17,23)(H,18,20)(H,19,21). The summed E-state index contributed by atoms with van der Waals surface area (Å²) in [5.74, 6) is -2.75. The van der Waals surface area contributed by atoms with E-state index in [1.54, 1.807) is 6.92 Å². The molecule has 0 spiro atoms. The summed E-state index contributed by atoms with van der Waals surface area (Å²) in [6.45, 7) is 1.39. The number of nitrogens with two attached hydrogens (primary N) is 1. The van der Waals surface area contributed by atoms with Crippen LogP contribution in [0, 0.1) is 0 Å². The lowest BCUT2D eigenvalue weighted by Gasteiger charge is -2.14. The van der Waals surface area contributed by atoms with Crippen LogP contribution in [0.2, 0.25) is 0 Å². The molecule has 1 aromatic rings. The molecule has 0 heterocycles. The third-order valence-electron chi connectivity index (χ3n) is 3.23. The summed E-state index contributed by atoms with van der Waals surface area (Å²) >= 11 is 0. The highest BCUT2D eigenvalue weighted by molar-refractivity contribution is 6.37. The van der Waals surface area contributed by atoms with Crippen LogP contribution in [0.1, 0.15) is 25.3 Å². The highest BCUT2D eigenvalue weighted by atomic mass is 16.2. The third kappa shape index (κ3) is 6.73. The largest absolute Gasteiger partial charge is 0.363 e. The van der Waals surface area contributed by atoms with E-state index in [2.05, 4.69) is 10.6 Å². The number of rotatable bonds is 9. The molecule has 124 valence electrons. The maximum absolute atomic E-state index is 11.7. The topological polar surface area (TPSA) is 118 Å². The molecule has 0 radical (unpaired) electrons. The molecule has 1 rings (SSSR count). The zero-order valence-electron chi connectivity index (χ0n) is 13.0. The first-order chi connectivity index (χ1) is 10.9. The van der Waals surface area contributed by atoms with Crippen molar-refractivity contribution in [1.29, 1.82) is 0 Å². The Hall–Kier alpha value is -2.70. The predicted molar refractivity (Wildman–Crippen MR) is 84.2 cm³/mol. The van der Waals surface area contributed by atoms with E-state index in [0.29, 0.717) is 6.42 Å². The summed E-state index contributed by atoms with van der Waals surface area (Å²) in [6.07, 6.45) is 1.08. The van der Waals surface area contributed by atoms with Gasteiger partial charge in [0.05, 0.1) is 12.6 Å². The van der Waals surface area contributed by atoms with Crippen LogP contribution >= 0.6 is 0 Å². The van der Waals surface area contributed by atoms with Gasteiger partial charge in [-0.05, 0) is 18.4 Å². The molecule has 1 atom stereocenters. The Morgan fingerprint density at radius 3 is 2.30 bits per heavy atom. The van der Waals surface area contributed by atoms with Crippen LogP contribution in [0.3, 0.4) is 0 Å². The smallest absolute Gasteiger partial charge is 0.287 e. The van der Waals surface area contributed by atoms with Gasteiger partial charge in [-0.3, -0.25) is 19.2 Å². The van der Waals surface area contributed by atoms with Gasteiger partial charge in [-0.1, -0.05) is 37.3 Å². The molecule has 0 aliphatic carbocycles. The van der Waals surface area contributed by atoms with Crippen LogP contribution < -0.4 is 16.4 Å². The van der Waals surface area contributed by atoms with Gasteiger partial charge in [-0.2, -0.15) is 0 Å². The molecule has 7 nitrogen and oxygen atoms in total. The maximum atomic E-state index is 11.7. The number of amides is 3. The number of Topliss-reactive ketones (excluding diaryl/α,β-unsaturated/α-hetero) is 1. The first-order valence-corrected chi connectivity index (χ1v) is 7.37. The van der Waals surface area contributed by atoms with E-state index in [1.165, 1.54) is 0 Å². The fourth-order valence-corrected chi connectivity index (χ4v) is 1.94. The average Bonchev–Trinajstić information content (AvgIpc) is 2.56. The number of ketones is 1. The van der Waals surface area contributed by atoms with Crippen molar-refractivity contribution in [1.82, 2.24) is 10.6 Å². The Balaban J connectivity index is 2.33. The van der Waals surface area contributed by atoms with E-state index < -0.39 is 23.6 Å². The highest BCUT2D eigenvalue weighted by Gasteiger charge is 2.23. The second-order valence-electron chi connectivity index (χ2n) is 5.02. The van der Waals surface area contributed by atoms with Crippen molar-refractivity contribution in [2.45, 2.75) is 32.2 Å². The number of hydrogen-bond acceptors (Lipinski definition) is 4. The quantitative estimate of drug-likeness (QED) is 0.541. The SMILES string of the molecule is CCC(NC(=O)CNC(=O)CCc1ccccc1)C(=O)C(N)=O. The van der Waals surface area contributed by atoms with Gasteiger partial charge in [-0.25, -0.2) is 0 Å². The molecule has 0 fully saturated rings. The van der Waals surface area contributed by atoms with Gasteiger partial charge in [0.1, 0.15) is 0 Å². The molecule has 4 N–H and O–H groups in total. The Morgan fingerprint density at radius 1 is 1.09 bits per heavy atom. The number of primary amides is 1. The lowest BCUT2D eigenvalue weighted by Crippen LogP contribution is -2.48. The van der Waals surface area contributed by atoms with Gasteiger partial charge >= 0.3 is 0 Å². The molecule has 1 unspecified atom stereocenters. The zero-order chi connectivity index (χ0) is 17.2. The summed E-state index contributed by atoms with van der Waals surface area (Å²) in [6, 6.07) is 8.55. The molecule has 23 heavy (non-hydrogen) atoms. The van der Waals surface area contributed by atoms with Crippen molar-refractivity contribution < 1.29 is 19.2 Å². The van der Waals surface area contributed by atoms with E-state index >= 15 is 0 Å². The monoisotopic (exact) mass is 319 g/mol. The highest BCUT2D eigenvalue weighted by Crippen LogP contribution is 2.01. The van der Waals surface area contributed by atoms with Crippen LogP contribution in [-0.2, 0) is 25.6 Å². The van der Waals surface area contributed by atoms with Gasteiger partial charge in [0.15, 0.2) is 0 Å². The second kappa shape index (κ2) is 9.34. The second-order valence-corrected chi connectivity index (χ2v) is 5.02. The van der Waals surface area contributed by atoms with E-state index in [9.17, 15) is 19.2 Å². The van der Waals surface area contributed by atoms with Gasteiger partial charge in [0.25, 0.3) is 5.91 Å². The number of hydrogen-bond donors (Lipinski definition) is 3. The number of benzene rings is 1. The van der Waals surface area contributed by atoms with E-state index in [-0.39, 0.29) is 25.3 Å². The molecule has 0 saturated carbocycles. The van der Waals surface area contributed by atoms with Gasteiger partial charge in [-0.15, -0.1) is 0 Å². The summed E-state index contributed by atoms with van der Waals surface area (Å²) in [5.41, 5.74) is 5.93. The number of nitrogens with one attached hydrogen (secondary N) is 2. The van der Waals surface area contributed by atoms with Crippen LogP contribution in [0.5, 0.6) is 0 Å². The summed E-state index contributed by atoms with van der Waals surface area (Å²) < 4.78 is 0. The molecule has 7 heteroatoms. The van der Waals surface area contributed by atoms with Crippen LogP contribution in [0.25, 0.3) is 0 Å². The van der Waals surface area contributed by atoms with Crippen molar-refractivity contribution in [3.05, 3.63) is 35.9 Å². The van der Waals surface area contributed by atoms with E-state index in [1.807, 2.05) is 30.3 Å². The maximum Gasteiger partial charge on any atom is 0.287 e. The van der Waals surface area contributed by atoms with E-state index in [4.69, 9.17) is 5.73 Å². The molecule has 3 amide bonds. The summed E-state index contributed by atoms with van der Waals surface area (Å²) in [4.78, 5) is 45.6. The molecule has 0 saturated heterocycles. The van der Waals surface area contributed by atoms with Gasteiger partial charge in [0.2, 0.25) is 17.6 Å². The minimum Gasteiger partial charge on any atom is -0.363 e. The van der Waals surface area contributed by atoms with Crippen molar-refractivity contribution >= 4 is 23.5 Å². The van der Waals surface area contributed by atoms with Gasteiger partial charge < -0.3 is 16.4 Å². The first kappa shape index (κ1) is 18.3. The van der Waals surface area contributed by atoms with Crippen molar-refractivity contribution in [3.63, 3.8) is 0 Å². The molecule has 0 aliphatic rings. The predicted octanol–water partition coefficient (Wildman–Crippen LogP) is -0.315. The molecular formula is C16H21N3O4. The Bertz CT molecular complexity index is 572. The molecule has 0 aromatic heterocycles. The first-order valence-electron chi connectivity index (χ1n) is 7.37. The Kier molecular flexibility index (Phi) is 7.45. The Morgan fingerprint density at radius 2 is 1.74 bits per heavy atom. The third-order valence-corrected chi connectivity index (χ3v) is 3.23. The van der Waals surface area contributed by atoms with Crippen molar-refractivity contribution in [2.75, 3.05) is 6.54 Å². The van der Waals surface area contributed by atoms with Gasteiger partial charge in [0, 0.05) is 6.42 Å². The Labute approximate surface area is 134 Å². The normalized spacial score (nSPS) is 11.3. The average molecular weight is 319 g/mol. The summed E-state index contributed by atoms with van der Waals surface area (Å²) in [7, 11) is 0. The van der Waals surface area contributed by atoms with Crippen molar-refractivity contribution in [3.8, 4) is 0 Å². The van der Waals surface area contributed by atoms with E-state index in [0.717, 1.165) is 5.56 Å². The lowest BCUT2D eigenvalue weighted by atomic mass is 10.1. The van der Waals surface area contributed by atoms with Crippen LogP contribution in [0.15, 0.2) is 30.3 Å². The van der Waals surface area contributed by atoms with Crippen molar-refractivity contribution in [2.24, 2.45) is 5.73 Å². The lowest BCUT2D eigenvalue weighted by molar-refractivity contribution is -0.138. The fraction of sp³-hybridized carbons (Fsp3) is 0.375. The minimum atomic E-state index is -1.09. The van der Waals surface area contributed by atoms with Crippen LogP contribution in [-0.4, -0.2) is 36.1 Å². The number of carbonyl (C=O) groups excluding carboxylic acids is 4. The number of aryl methyl sites for hydroxylation is 1. The minimum absolute atomic E-state index is 0.246. The molecule has 0 aliphatic heterocycles. The zero-order valence-corrected chi connectivity index (χ0v) is 13.0. The molecule has 0 bridgehead atoms. The fourth-order valence-electron chi connectivity index (χ4n) is 1.94.